The molecule has 29 heavy (non-hydrogen) atoms. The van der Waals surface area contributed by atoms with Crippen molar-refractivity contribution in [1.82, 2.24) is 0 Å². The number of amides is 1. The monoisotopic (exact) mass is 412 g/mol. The second kappa shape index (κ2) is 9.35. The smallest absolute Gasteiger partial charge is 0.318 e. The van der Waals surface area contributed by atoms with Crippen molar-refractivity contribution in [2.24, 2.45) is 5.92 Å². The van der Waals surface area contributed by atoms with Crippen molar-refractivity contribution < 1.29 is 32.4 Å². The number of anilines is 1. The van der Waals surface area contributed by atoms with Gasteiger partial charge in [0.25, 0.3) is 0 Å². The van der Waals surface area contributed by atoms with Crippen LogP contribution in [0.3, 0.4) is 0 Å². The van der Waals surface area contributed by atoms with Crippen LogP contribution in [0.1, 0.15) is 13.3 Å². The highest BCUT2D eigenvalue weighted by Gasteiger charge is 2.44. The van der Waals surface area contributed by atoms with Crippen molar-refractivity contribution in [3.8, 4) is 0 Å². The van der Waals surface area contributed by atoms with Crippen LogP contribution in [0.4, 0.5) is 18.9 Å². The molecule has 0 spiro atoms. The molecule has 0 radical (unpaired) electrons. The Morgan fingerprint density at radius 2 is 2.07 bits per heavy atom. The van der Waals surface area contributed by atoms with Gasteiger partial charge in [0.2, 0.25) is 18.1 Å². The van der Waals surface area contributed by atoms with Gasteiger partial charge < -0.3 is 10.1 Å². The van der Waals surface area contributed by atoms with Crippen LogP contribution in [-0.2, 0) is 14.3 Å². The van der Waals surface area contributed by atoms with Gasteiger partial charge in [-0.05, 0) is 43.2 Å². The Morgan fingerprint density at radius 1 is 1.38 bits per heavy atom. The number of nitro groups is 1. The minimum Gasteiger partial charge on any atom is -0.465 e. The number of hydrogen-bond donors (Lipinski definition) is 1. The van der Waals surface area contributed by atoms with E-state index in [1.54, 1.807) is 0 Å². The van der Waals surface area contributed by atoms with Gasteiger partial charge in [-0.1, -0.05) is 18.2 Å². The molecule has 3 unspecified atom stereocenters. The van der Waals surface area contributed by atoms with Crippen LogP contribution < -0.4 is 5.32 Å². The summed E-state index contributed by atoms with van der Waals surface area (Å²) in [6, 6.07) is 5.31. The number of rotatable bonds is 8. The first-order chi connectivity index (χ1) is 13.7. The molecule has 0 fully saturated rings. The van der Waals surface area contributed by atoms with Gasteiger partial charge >= 0.3 is 5.97 Å². The lowest BCUT2D eigenvalue weighted by atomic mass is 9.88. The molecule has 156 valence electrons. The van der Waals surface area contributed by atoms with Crippen molar-refractivity contribution >= 4 is 17.6 Å². The lowest BCUT2D eigenvalue weighted by Gasteiger charge is -2.25. The molecule has 1 aromatic carbocycles. The predicted octanol–water partition coefficient (Wildman–Crippen LogP) is 3.15. The molecule has 1 N–H and O–H groups in total. The minimum absolute atomic E-state index is 0.0284. The molecular weight excluding hydrogens is 393 g/mol. The first-order valence-corrected chi connectivity index (χ1v) is 8.73. The van der Waals surface area contributed by atoms with Crippen LogP contribution in [0.25, 0.3) is 0 Å². The standard InChI is InChI=1S/C19H19F3N2O5/c1-2-29-18(26)13(17(25)23-15-6-4-3-5-14(15)20)9-12-7-8-19(22,11-24(27)28)16(21)10-12/h3-8,10,13,16H,2,9,11H2,1H3,(H,23,25). The fraction of sp³-hybridized carbons (Fsp3) is 0.368. The molecule has 7 nitrogen and oxygen atoms in total. The van der Waals surface area contributed by atoms with Crippen LogP contribution in [0, 0.1) is 21.8 Å². The Bertz CT molecular complexity index is 858. The van der Waals surface area contributed by atoms with E-state index in [-0.39, 0.29) is 24.3 Å². The predicted molar refractivity (Wildman–Crippen MR) is 97.6 cm³/mol. The number of halogens is 3. The number of para-hydroxylation sites is 1. The molecule has 0 heterocycles. The van der Waals surface area contributed by atoms with Gasteiger partial charge in [-0.3, -0.25) is 19.7 Å². The van der Waals surface area contributed by atoms with Crippen LogP contribution >= 0.6 is 0 Å². The number of ether oxygens (including phenoxy) is 1. The third kappa shape index (κ3) is 5.66. The Labute approximate surface area is 164 Å². The fourth-order valence-electron chi connectivity index (χ4n) is 2.74. The zero-order chi connectivity index (χ0) is 21.6. The zero-order valence-corrected chi connectivity index (χ0v) is 15.4. The molecule has 0 saturated carbocycles. The summed E-state index contributed by atoms with van der Waals surface area (Å²) in [6.45, 7) is 0.235. The van der Waals surface area contributed by atoms with Gasteiger partial charge in [0.05, 0.1) is 12.3 Å². The second-order valence-electron chi connectivity index (χ2n) is 6.37. The number of benzene rings is 1. The Morgan fingerprint density at radius 3 is 2.66 bits per heavy atom. The number of esters is 1. The van der Waals surface area contributed by atoms with Crippen LogP contribution in [0.15, 0.2) is 48.1 Å². The van der Waals surface area contributed by atoms with Gasteiger partial charge in [-0.2, -0.15) is 0 Å². The van der Waals surface area contributed by atoms with E-state index >= 15 is 0 Å². The molecule has 0 aromatic heterocycles. The molecule has 0 saturated heterocycles. The van der Waals surface area contributed by atoms with Crippen LogP contribution in [0.5, 0.6) is 0 Å². The highest BCUT2D eigenvalue weighted by Crippen LogP contribution is 2.31. The van der Waals surface area contributed by atoms with E-state index in [0.29, 0.717) is 6.08 Å². The summed E-state index contributed by atoms with van der Waals surface area (Å²) in [5.74, 6) is -3.99. The van der Waals surface area contributed by atoms with E-state index in [9.17, 15) is 32.9 Å². The average Bonchev–Trinajstić information content (AvgIpc) is 2.64. The van der Waals surface area contributed by atoms with E-state index in [2.05, 4.69) is 5.32 Å². The lowest BCUT2D eigenvalue weighted by molar-refractivity contribution is -0.494. The number of alkyl halides is 2. The summed E-state index contributed by atoms with van der Waals surface area (Å²) < 4.78 is 47.1. The number of hydrogen-bond acceptors (Lipinski definition) is 5. The molecule has 1 amide bonds. The van der Waals surface area contributed by atoms with Crippen molar-refractivity contribution in [2.45, 2.75) is 25.2 Å². The summed E-state index contributed by atoms with van der Waals surface area (Å²) in [4.78, 5) is 34.3. The maximum absolute atomic E-state index is 14.3. The van der Waals surface area contributed by atoms with E-state index in [0.717, 1.165) is 18.2 Å². The molecule has 1 aliphatic rings. The summed E-state index contributed by atoms with van der Waals surface area (Å²) in [7, 11) is 0. The van der Waals surface area contributed by atoms with Crippen molar-refractivity contribution in [2.75, 3.05) is 18.5 Å². The van der Waals surface area contributed by atoms with Crippen LogP contribution in [0.2, 0.25) is 0 Å². The topological polar surface area (TPSA) is 98.5 Å². The number of nitrogens with one attached hydrogen (secondary N) is 1. The second-order valence-corrected chi connectivity index (χ2v) is 6.37. The van der Waals surface area contributed by atoms with E-state index < -0.39 is 46.9 Å². The van der Waals surface area contributed by atoms with Gasteiger partial charge in [-0.25, -0.2) is 13.2 Å². The van der Waals surface area contributed by atoms with Crippen molar-refractivity contribution in [1.29, 1.82) is 0 Å². The SMILES string of the molecule is CCOC(=O)C(CC1=CC(F)C(F)(C[N+](=O)[O-])C=C1)C(=O)Nc1ccccc1F. The lowest BCUT2D eigenvalue weighted by Crippen LogP contribution is -2.41. The van der Waals surface area contributed by atoms with Crippen LogP contribution in [-0.4, -0.2) is 41.8 Å². The number of nitrogens with zero attached hydrogens (tertiary/aromatic N) is 1. The number of allylic oxidation sites excluding steroid dienone is 3. The van der Waals surface area contributed by atoms with E-state index in [1.165, 1.54) is 25.1 Å². The van der Waals surface area contributed by atoms with E-state index in [1.807, 2.05) is 0 Å². The largest absolute Gasteiger partial charge is 0.465 e. The highest BCUT2D eigenvalue weighted by atomic mass is 19.2. The van der Waals surface area contributed by atoms with Gasteiger partial charge in [0.1, 0.15) is 11.7 Å². The zero-order valence-electron chi connectivity index (χ0n) is 15.4. The minimum atomic E-state index is -2.82. The van der Waals surface area contributed by atoms with Gasteiger partial charge in [0.15, 0.2) is 6.17 Å². The molecule has 3 atom stereocenters. The normalized spacial score (nSPS) is 21.8. The van der Waals surface area contributed by atoms with Gasteiger partial charge in [-0.15, -0.1) is 0 Å². The maximum atomic E-state index is 14.3. The molecule has 1 aliphatic carbocycles. The summed E-state index contributed by atoms with van der Waals surface area (Å²) in [5.41, 5.74) is -2.89. The summed E-state index contributed by atoms with van der Waals surface area (Å²) in [5, 5.41) is 12.8. The molecule has 1 aromatic rings. The summed E-state index contributed by atoms with van der Waals surface area (Å²) >= 11 is 0. The fourth-order valence-corrected chi connectivity index (χ4v) is 2.74. The Hall–Kier alpha value is -3.17. The molecule has 0 aliphatic heterocycles. The maximum Gasteiger partial charge on any atom is 0.318 e. The van der Waals surface area contributed by atoms with Crippen molar-refractivity contribution in [3.05, 3.63) is 64.0 Å². The van der Waals surface area contributed by atoms with E-state index in [4.69, 9.17) is 4.74 Å². The summed E-state index contributed by atoms with van der Waals surface area (Å²) in [6.07, 6.45) is -0.114. The number of carbonyl (C=O) groups is 2. The van der Waals surface area contributed by atoms with Crippen molar-refractivity contribution in [3.63, 3.8) is 0 Å². The third-order valence-electron chi connectivity index (χ3n) is 4.22. The molecule has 2 rings (SSSR count). The first kappa shape index (κ1) is 22.1. The first-order valence-electron chi connectivity index (χ1n) is 8.73. The highest BCUT2D eigenvalue weighted by molar-refractivity contribution is 6.05. The quantitative estimate of drug-likeness (QED) is 0.306. The molecule has 10 heteroatoms. The molecule has 0 bridgehead atoms. The third-order valence-corrected chi connectivity index (χ3v) is 4.22. The Balaban J connectivity index is 2.19. The average molecular weight is 412 g/mol. The number of carbonyl (C=O) groups excluding carboxylic acids is 2. The van der Waals surface area contributed by atoms with Gasteiger partial charge in [0, 0.05) is 4.92 Å². The molecular formula is C19H19F3N2O5. The Kier molecular flexibility index (Phi) is 7.13.